The third-order valence-corrected chi connectivity index (χ3v) is 6.20. The number of aromatic amines is 1. The number of ether oxygens (including phenoxy) is 1. The molecule has 1 amide bonds. The predicted molar refractivity (Wildman–Crippen MR) is 124 cm³/mol. The van der Waals surface area contributed by atoms with Crippen LogP contribution in [0.15, 0.2) is 23.1 Å². The van der Waals surface area contributed by atoms with Crippen LogP contribution in [0.1, 0.15) is 49.8 Å². The number of nitrogens with zero attached hydrogens (tertiary/aromatic N) is 4. The monoisotopic (exact) mass is 439 g/mol. The van der Waals surface area contributed by atoms with Crippen LogP contribution in [0.4, 0.5) is 5.82 Å². The molecular weight excluding hydrogens is 406 g/mol. The first-order chi connectivity index (χ1) is 15.6. The van der Waals surface area contributed by atoms with Crippen molar-refractivity contribution in [3.05, 3.63) is 39.8 Å². The summed E-state index contributed by atoms with van der Waals surface area (Å²) in [5.41, 5.74) is 2.68. The summed E-state index contributed by atoms with van der Waals surface area (Å²) in [4.78, 5) is 40.7. The molecule has 1 N–H and O–H groups in total. The van der Waals surface area contributed by atoms with Crippen LogP contribution >= 0.6 is 0 Å². The molecule has 8 heteroatoms. The lowest BCUT2D eigenvalue weighted by Gasteiger charge is -2.29. The van der Waals surface area contributed by atoms with Crippen LogP contribution in [-0.2, 0) is 22.4 Å². The Hall–Kier alpha value is -2.74. The number of carbonyl (C=O) groups is 1. The first-order valence-corrected chi connectivity index (χ1v) is 11.8. The highest BCUT2D eigenvalue weighted by molar-refractivity contribution is 5.81. The first kappa shape index (κ1) is 22.5. The van der Waals surface area contributed by atoms with Crippen molar-refractivity contribution in [2.75, 3.05) is 44.8 Å². The van der Waals surface area contributed by atoms with Gasteiger partial charge in [-0.05, 0) is 51.4 Å². The van der Waals surface area contributed by atoms with Gasteiger partial charge in [0.2, 0.25) is 5.91 Å². The number of pyridine rings is 1. The Morgan fingerprint density at radius 2 is 1.88 bits per heavy atom. The van der Waals surface area contributed by atoms with E-state index >= 15 is 0 Å². The van der Waals surface area contributed by atoms with Crippen LogP contribution in [0.25, 0.3) is 11.5 Å². The standard InChI is InChI=1S/C20H25N5O2.C4H8O/c1-24(13-18(27)25-10-3-2-4-11-25)20-15-6-5-7-16(15)22-19(23-20)17-12-14(26)8-9-21-17;1-2-4-5-3-1/h8-9,12H,2-7,10-11,13H2,1H3,(H,21,26);1-4H2. The van der Waals surface area contributed by atoms with Gasteiger partial charge in [0.25, 0.3) is 0 Å². The Labute approximate surface area is 189 Å². The van der Waals surface area contributed by atoms with Crippen molar-refractivity contribution in [3.63, 3.8) is 0 Å². The van der Waals surface area contributed by atoms with Gasteiger partial charge < -0.3 is 19.5 Å². The molecule has 172 valence electrons. The molecule has 8 nitrogen and oxygen atoms in total. The van der Waals surface area contributed by atoms with Gasteiger partial charge in [-0.2, -0.15) is 0 Å². The van der Waals surface area contributed by atoms with Crippen molar-refractivity contribution in [3.8, 4) is 11.5 Å². The van der Waals surface area contributed by atoms with Gasteiger partial charge in [0.05, 0.1) is 12.2 Å². The Morgan fingerprint density at radius 1 is 1.09 bits per heavy atom. The van der Waals surface area contributed by atoms with Gasteiger partial charge in [-0.1, -0.05) is 0 Å². The number of piperidine rings is 1. The average molecular weight is 440 g/mol. The van der Waals surface area contributed by atoms with Crippen LogP contribution in [0, 0.1) is 0 Å². The molecule has 2 aromatic heterocycles. The molecule has 2 aromatic rings. The Balaban J connectivity index is 0.000000433. The van der Waals surface area contributed by atoms with Gasteiger partial charge in [0, 0.05) is 62.9 Å². The summed E-state index contributed by atoms with van der Waals surface area (Å²) < 4.78 is 4.94. The Kier molecular flexibility index (Phi) is 7.52. The minimum absolute atomic E-state index is 0.0805. The number of anilines is 1. The normalized spacial score (nSPS) is 17.5. The molecule has 0 unspecified atom stereocenters. The van der Waals surface area contributed by atoms with Crippen molar-refractivity contribution in [2.24, 2.45) is 0 Å². The number of fused-ring (bicyclic) bond motifs is 1. The molecule has 3 aliphatic rings. The summed E-state index contributed by atoms with van der Waals surface area (Å²) in [6.45, 7) is 4.02. The Bertz CT molecular complexity index is 972. The van der Waals surface area contributed by atoms with Crippen LogP contribution in [0.5, 0.6) is 0 Å². The molecule has 32 heavy (non-hydrogen) atoms. The van der Waals surface area contributed by atoms with Gasteiger partial charge in [-0.25, -0.2) is 9.97 Å². The highest BCUT2D eigenvalue weighted by Crippen LogP contribution is 2.30. The maximum Gasteiger partial charge on any atom is 0.242 e. The Morgan fingerprint density at radius 3 is 2.56 bits per heavy atom. The van der Waals surface area contributed by atoms with E-state index in [4.69, 9.17) is 9.72 Å². The van der Waals surface area contributed by atoms with E-state index in [0.29, 0.717) is 18.1 Å². The zero-order valence-electron chi connectivity index (χ0n) is 18.9. The number of likely N-dealkylation sites (N-methyl/N-ethyl adjacent to an activating group) is 1. The highest BCUT2D eigenvalue weighted by atomic mass is 16.5. The number of carbonyl (C=O) groups excluding carboxylic acids is 1. The third-order valence-electron chi connectivity index (χ3n) is 6.20. The van der Waals surface area contributed by atoms with Crippen LogP contribution in [0.2, 0.25) is 0 Å². The fourth-order valence-electron chi connectivity index (χ4n) is 4.45. The fourth-order valence-corrected chi connectivity index (χ4v) is 4.45. The summed E-state index contributed by atoms with van der Waals surface area (Å²) >= 11 is 0. The quantitative estimate of drug-likeness (QED) is 0.787. The second-order valence-corrected chi connectivity index (χ2v) is 8.70. The average Bonchev–Trinajstić information content (AvgIpc) is 3.54. The molecule has 0 radical (unpaired) electrons. The molecule has 2 aliphatic heterocycles. The second kappa shape index (κ2) is 10.7. The number of H-pyrrole nitrogens is 1. The van der Waals surface area contributed by atoms with E-state index in [2.05, 4.69) is 9.97 Å². The summed E-state index contributed by atoms with van der Waals surface area (Å²) in [6, 6.07) is 2.99. The number of nitrogens with one attached hydrogen (secondary N) is 1. The largest absolute Gasteiger partial charge is 0.381 e. The molecule has 2 fully saturated rings. The fraction of sp³-hybridized carbons (Fsp3) is 0.583. The predicted octanol–water partition coefficient (Wildman–Crippen LogP) is 2.57. The highest BCUT2D eigenvalue weighted by Gasteiger charge is 2.25. The SMILES string of the molecule is C1CCOC1.CN(CC(=O)N1CCCCC1)c1nc(-c2cc(=O)cc[nH]2)nc2c1CCC2. The number of rotatable bonds is 4. The van der Waals surface area contributed by atoms with E-state index in [9.17, 15) is 9.59 Å². The van der Waals surface area contributed by atoms with Crippen LogP contribution < -0.4 is 10.3 Å². The van der Waals surface area contributed by atoms with Crippen molar-refractivity contribution >= 4 is 11.7 Å². The maximum atomic E-state index is 12.7. The number of likely N-dealkylation sites (tertiary alicyclic amines) is 1. The molecule has 0 saturated carbocycles. The zero-order chi connectivity index (χ0) is 22.3. The number of aryl methyl sites for hydroxylation is 1. The van der Waals surface area contributed by atoms with Crippen LogP contribution in [-0.4, -0.2) is 65.7 Å². The van der Waals surface area contributed by atoms with Crippen molar-refractivity contribution in [2.45, 2.75) is 51.4 Å². The number of amides is 1. The van der Waals surface area contributed by atoms with E-state index in [1.807, 2.05) is 16.8 Å². The zero-order valence-corrected chi connectivity index (χ0v) is 18.9. The summed E-state index contributed by atoms with van der Waals surface area (Å²) in [5.74, 6) is 1.47. The lowest BCUT2D eigenvalue weighted by atomic mass is 10.1. The lowest BCUT2D eigenvalue weighted by molar-refractivity contribution is -0.130. The third kappa shape index (κ3) is 5.54. The van der Waals surface area contributed by atoms with Crippen LogP contribution in [0.3, 0.4) is 0 Å². The molecule has 0 atom stereocenters. The molecule has 0 aromatic carbocycles. The molecule has 5 rings (SSSR count). The summed E-state index contributed by atoms with van der Waals surface area (Å²) in [7, 11) is 1.92. The molecule has 0 bridgehead atoms. The minimum atomic E-state index is -0.0805. The second-order valence-electron chi connectivity index (χ2n) is 8.70. The van der Waals surface area contributed by atoms with Gasteiger partial charge in [0.15, 0.2) is 11.3 Å². The lowest BCUT2D eigenvalue weighted by Crippen LogP contribution is -2.42. The molecule has 0 spiro atoms. The van der Waals surface area contributed by atoms with E-state index < -0.39 is 0 Å². The first-order valence-electron chi connectivity index (χ1n) is 11.8. The van der Waals surface area contributed by atoms with Crippen molar-refractivity contribution in [1.29, 1.82) is 0 Å². The minimum Gasteiger partial charge on any atom is -0.381 e. The molecular formula is C24H33N5O3. The van der Waals surface area contributed by atoms with Gasteiger partial charge in [-0.3, -0.25) is 9.59 Å². The summed E-state index contributed by atoms with van der Waals surface area (Å²) in [5, 5.41) is 0. The van der Waals surface area contributed by atoms with E-state index in [0.717, 1.165) is 75.5 Å². The van der Waals surface area contributed by atoms with E-state index in [-0.39, 0.29) is 11.3 Å². The van der Waals surface area contributed by atoms with E-state index in [1.165, 1.54) is 31.4 Å². The number of hydrogen-bond acceptors (Lipinski definition) is 6. The van der Waals surface area contributed by atoms with Gasteiger partial charge in [-0.15, -0.1) is 0 Å². The molecule has 2 saturated heterocycles. The van der Waals surface area contributed by atoms with Crippen molar-refractivity contribution in [1.82, 2.24) is 19.9 Å². The van der Waals surface area contributed by atoms with Gasteiger partial charge >= 0.3 is 0 Å². The van der Waals surface area contributed by atoms with Gasteiger partial charge in [0.1, 0.15) is 5.82 Å². The smallest absolute Gasteiger partial charge is 0.242 e. The number of aromatic nitrogens is 3. The summed E-state index contributed by atoms with van der Waals surface area (Å²) in [6.07, 6.45) is 10.4. The van der Waals surface area contributed by atoms with Crippen molar-refractivity contribution < 1.29 is 9.53 Å². The molecule has 4 heterocycles. The number of hydrogen-bond donors (Lipinski definition) is 1. The maximum absolute atomic E-state index is 12.7. The topological polar surface area (TPSA) is 91.4 Å². The van der Waals surface area contributed by atoms with E-state index in [1.54, 1.807) is 6.20 Å². The molecule has 1 aliphatic carbocycles.